The largest absolute Gasteiger partial charge is 0.462 e. The molecule has 0 aliphatic carbocycles. The Morgan fingerprint density at radius 1 is 1.32 bits per heavy atom. The van der Waals surface area contributed by atoms with E-state index in [-0.39, 0.29) is 23.2 Å². The number of pyridine rings is 1. The maximum Gasteiger partial charge on any atom is 0.341 e. The second kappa shape index (κ2) is 8.03. The van der Waals surface area contributed by atoms with E-state index >= 15 is 0 Å². The first-order valence-electron chi connectivity index (χ1n) is 7.37. The lowest BCUT2D eigenvalue weighted by molar-refractivity contribution is -0.116. The van der Waals surface area contributed by atoms with Gasteiger partial charge in [0.05, 0.1) is 17.2 Å². The highest BCUT2D eigenvalue weighted by atomic mass is 35.5. The molecule has 0 atom stereocenters. The standard InChI is InChI=1S/C16H16Cl2N2O4S/c1-4-24-16(23)13-8(2)9(3)25-14(13)19-12(21)7-20-6-10(17)5-11(18)15(20)22/h5-6H,4,7H2,1-3H3,(H,19,21). The zero-order chi connectivity index (χ0) is 18.7. The van der Waals surface area contributed by atoms with Gasteiger partial charge in [0.1, 0.15) is 16.6 Å². The lowest BCUT2D eigenvalue weighted by Crippen LogP contribution is -2.27. The van der Waals surface area contributed by atoms with Crippen LogP contribution in [-0.4, -0.2) is 23.1 Å². The molecular weight excluding hydrogens is 387 g/mol. The number of aryl methyl sites for hydroxylation is 1. The molecule has 0 saturated carbocycles. The van der Waals surface area contributed by atoms with Gasteiger partial charge in [0.25, 0.3) is 5.56 Å². The lowest BCUT2D eigenvalue weighted by Gasteiger charge is -2.09. The molecule has 0 radical (unpaired) electrons. The highest BCUT2D eigenvalue weighted by molar-refractivity contribution is 7.16. The van der Waals surface area contributed by atoms with Gasteiger partial charge in [0.15, 0.2) is 0 Å². The second-order valence-corrected chi connectivity index (χ2v) is 7.26. The Bertz CT molecular complexity index is 889. The molecule has 0 spiro atoms. The third-order valence-electron chi connectivity index (χ3n) is 3.44. The van der Waals surface area contributed by atoms with Gasteiger partial charge in [-0.1, -0.05) is 23.2 Å². The van der Waals surface area contributed by atoms with Gasteiger partial charge in [-0.15, -0.1) is 11.3 Å². The molecule has 6 nitrogen and oxygen atoms in total. The summed E-state index contributed by atoms with van der Waals surface area (Å²) in [7, 11) is 0. The zero-order valence-corrected chi connectivity index (χ0v) is 16.1. The minimum absolute atomic E-state index is 0.0738. The summed E-state index contributed by atoms with van der Waals surface area (Å²) in [5, 5.41) is 3.22. The lowest BCUT2D eigenvalue weighted by atomic mass is 10.1. The molecule has 0 fully saturated rings. The van der Waals surface area contributed by atoms with Crippen molar-refractivity contribution < 1.29 is 14.3 Å². The van der Waals surface area contributed by atoms with Crippen LogP contribution < -0.4 is 10.9 Å². The molecule has 0 aliphatic rings. The van der Waals surface area contributed by atoms with Crippen molar-refractivity contribution in [1.29, 1.82) is 0 Å². The normalized spacial score (nSPS) is 10.6. The molecule has 1 N–H and O–H groups in total. The number of hydrogen-bond acceptors (Lipinski definition) is 5. The molecule has 0 bridgehead atoms. The topological polar surface area (TPSA) is 77.4 Å². The van der Waals surface area contributed by atoms with Crippen LogP contribution in [0.15, 0.2) is 17.1 Å². The van der Waals surface area contributed by atoms with Crippen LogP contribution in [-0.2, 0) is 16.1 Å². The molecule has 0 aliphatic heterocycles. The molecular formula is C16H16Cl2N2O4S. The van der Waals surface area contributed by atoms with Crippen LogP contribution in [0.5, 0.6) is 0 Å². The van der Waals surface area contributed by atoms with Crippen molar-refractivity contribution >= 4 is 51.4 Å². The number of hydrogen-bond donors (Lipinski definition) is 1. The predicted molar refractivity (Wildman–Crippen MR) is 99.1 cm³/mol. The van der Waals surface area contributed by atoms with Crippen molar-refractivity contribution in [1.82, 2.24) is 4.57 Å². The molecule has 9 heteroatoms. The predicted octanol–water partition coefficient (Wildman–Crippen LogP) is 3.65. The quantitative estimate of drug-likeness (QED) is 0.774. The van der Waals surface area contributed by atoms with Gasteiger partial charge >= 0.3 is 5.97 Å². The van der Waals surface area contributed by atoms with Gasteiger partial charge < -0.3 is 14.6 Å². The highest BCUT2D eigenvalue weighted by Crippen LogP contribution is 2.33. The Balaban J connectivity index is 2.26. The smallest absolute Gasteiger partial charge is 0.341 e. The van der Waals surface area contributed by atoms with Crippen molar-refractivity contribution in [3.05, 3.63) is 48.7 Å². The number of amides is 1. The molecule has 2 rings (SSSR count). The summed E-state index contributed by atoms with van der Waals surface area (Å²) < 4.78 is 6.15. The second-order valence-electron chi connectivity index (χ2n) is 5.20. The van der Waals surface area contributed by atoms with Crippen LogP contribution in [0.25, 0.3) is 0 Å². The number of halogens is 2. The number of nitrogens with one attached hydrogen (secondary N) is 1. The Kier molecular flexibility index (Phi) is 6.26. The Morgan fingerprint density at radius 2 is 2.00 bits per heavy atom. The van der Waals surface area contributed by atoms with Gasteiger partial charge in [0, 0.05) is 11.1 Å². The van der Waals surface area contributed by atoms with Crippen LogP contribution in [0, 0.1) is 13.8 Å². The molecule has 1 amide bonds. The van der Waals surface area contributed by atoms with E-state index in [4.69, 9.17) is 27.9 Å². The van der Waals surface area contributed by atoms with Crippen LogP contribution >= 0.6 is 34.5 Å². The zero-order valence-electron chi connectivity index (χ0n) is 13.8. The van der Waals surface area contributed by atoms with Gasteiger partial charge in [-0.25, -0.2) is 4.79 Å². The van der Waals surface area contributed by atoms with Crippen LogP contribution in [0.4, 0.5) is 5.00 Å². The third-order valence-corrected chi connectivity index (χ3v) is 5.04. The monoisotopic (exact) mass is 402 g/mol. The van der Waals surface area contributed by atoms with Crippen LogP contribution in [0.3, 0.4) is 0 Å². The number of thiophene rings is 1. The number of carbonyl (C=O) groups excluding carboxylic acids is 2. The van der Waals surface area contributed by atoms with E-state index < -0.39 is 17.4 Å². The summed E-state index contributed by atoms with van der Waals surface area (Å²) in [6.45, 7) is 5.29. The maximum absolute atomic E-state index is 12.3. The third kappa shape index (κ3) is 4.42. The number of anilines is 1. The van der Waals surface area contributed by atoms with E-state index in [1.54, 1.807) is 13.8 Å². The van der Waals surface area contributed by atoms with Crippen molar-refractivity contribution in [2.75, 3.05) is 11.9 Å². The van der Waals surface area contributed by atoms with Crippen molar-refractivity contribution in [2.24, 2.45) is 0 Å². The molecule has 0 unspecified atom stereocenters. The Labute approximate surface area is 158 Å². The first-order valence-corrected chi connectivity index (χ1v) is 8.94. The van der Waals surface area contributed by atoms with Crippen LogP contribution in [0.1, 0.15) is 27.7 Å². The first-order chi connectivity index (χ1) is 11.7. The first kappa shape index (κ1) is 19.5. The SMILES string of the molecule is CCOC(=O)c1c(NC(=O)Cn2cc(Cl)cc(Cl)c2=O)sc(C)c1C. The summed E-state index contributed by atoms with van der Waals surface area (Å²) in [6, 6.07) is 1.31. The van der Waals surface area contributed by atoms with Crippen molar-refractivity contribution in [3.63, 3.8) is 0 Å². The van der Waals surface area contributed by atoms with E-state index in [2.05, 4.69) is 5.32 Å². The summed E-state index contributed by atoms with van der Waals surface area (Å²) >= 11 is 12.9. The number of nitrogens with zero attached hydrogens (tertiary/aromatic N) is 1. The Hall–Kier alpha value is -1.83. The molecule has 2 aromatic heterocycles. The molecule has 134 valence electrons. The number of ether oxygens (including phenoxy) is 1. The summed E-state index contributed by atoms with van der Waals surface area (Å²) in [5.41, 5.74) is 0.557. The number of rotatable bonds is 5. The van der Waals surface area contributed by atoms with E-state index in [1.165, 1.54) is 23.6 Å². The minimum Gasteiger partial charge on any atom is -0.462 e. The minimum atomic E-state index is -0.523. The van der Waals surface area contributed by atoms with E-state index in [0.717, 1.165) is 15.0 Å². The van der Waals surface area contributed by atoms with Crippen LogP contribution in [0.2, 0.25) is 10.0 Å². The van der Waals surface area contributed by atoms with Crippen molar-refractivity contribution in [3.8, 4) is 0 Å². The average molecular weight is 403 g/mol. The average Bonchev–Trinajstić information content (AvgIpc) is 2.78. The maximum atomic E-state index is 12.3. The van der Waals surface area contributed by atoms with Gasteiger partial charge in [0.2, 0.25) is 5.91 Å². The highest BCUT2D eigenvalue weighted by Gasteiger charge is 2.22. The molecule has 2 heterocycles. The van der Waals surface area contributed by atoms with E-state index in [9.17, 15) is 14.4 Å². The number of esters is 1. The fraction of sp³-hybridized carbons (Fsp3) is 0.312. The molecule has 0 aromatic carbocycles. The number of aromatic nitrogens is 1. The fourth-order valence-corrected chi connectivity index (χ4v) is 3.74. The number of carbonyl (C=O) groups is 2. The fourth-order valence-electron chi connectivity index (χ4n) is 2.17. The summed E-state index contributed by atoms with van der Waals surface area (Å²) in [4.78, 5) is 37.3. The Morgan fingerprint density at radius 3 is 2.64 bits per heavy atom. The molecule has 2 aromatic rings. The van der Waals surface area contributed by atoms with E-state index in [0.29, 0.717) is 10.6 Å². The van der Waals surface area contributed by atoms with E-state index in [1.807, 2.05) is 6.92 Å². The van der Waals surface area contributed by atoms with Crippen molar-refractivity contribution in [2.45, 2.75) is 27.3 Å². The molecule has 0 saturated heterocycles. The van der Waals surface area contributed by atoms with Gasteiger partial charge in [-0.05, 0) is 32.4 Å². The van der Waals surface area contributed by atoms with Gasteiger partial charge in [-0.2, -0.15) is 0 Å². The summed E-state index contributed by atoms with van der Waals surface area (Å²) in [6.07, 6.45) is 1.33. The summed E-state index contributed by atoms with van der Waals surface area (Å²) in [5.74, 6) is -0.977. The van der Waals surface area contributed by atoms with Gasteiger partial charge in [-0.3, -0.25) is 9.59 Å². The molecule has 25 heavy (non-hydrogen) atoms.